The van der Waals surface area contributed by atoms with Gasteiger partial charge in [0.1, 0.15) is 0 Å². The molecular formula is C13H19N3O2. The van der Waals surface area contributed by atoms with E-state index >= 15 is 0 Å². The quantitative estimate of drug-likeness (QED) is 0.869. The Morgan fingerprint density at radius 3 is 2.67 bits per heavy atom. The number of rotatable bonds is 2. The van der Waals surface area contributed by atoms with Crippen molar-refractivity contribution in [3.63, 3.8) is 0 Å². The van der Waals surface area contributed by atoms with E-state index in [2.05, 4.69) is 10.00 Å². The fourth-order valence-corrected chi connectivity index (χ4v) is 3.15. The number of fused-ring (bicyclic) bond motifs is 1. The van der Waals surface area contributed by atoms with Gasteiger partial charge in [-0.15, -0.1) is 0 Å². The highest BCUT2D eigenvalue weighted by Crippen LogP contribution is 2.32. The van der Waals surface area contributed by atoms with Crippen LogP contribution in [0.15, 0.2) is 6.07 Å². The highest BCUT2D eigenvalue weighted by Gasteiger charge is 2.29. The Bertz CT molecular complexity index is 449. The zero-order valence-corrected chi connectivity index (χ0v) is 10.5. The number of carboxylic acids is 1. The number of aromatic nitrogens is 2. The van der Waals surface area contributed by atoms with Gasteiger partial charge in [-0.3, -0.25) is 9.58 Å². The molecule has 3 heterocycles. The topological polar surface area (TPSA) is 58.4 Å². The second kappa shape index (κ2) is 4.72. The molecule has 5 nitrogen and oxygen atoms in total. The van der Waals surface area contributed by atoms with Crippen LogP contribution in [0, 0.1) is 0 Å². The van der Waals surface area contributed by atoms with Crippen LogP contribution in [0.2, 0.25) is 0 Å². The van der Waals surface area contributed by atoms with Gasteiger partial charge in [0.15, 0.2) is 5.69 Å². The van der Waals surface area contributed by atoms with Gasteiger partial charge in [0, 0.05) is 6.54 Å². The maximum Gasteiger partial charge on any atom is 0.356 e. The fraction of sp³-hybridized carbons (Fsp3) is 0.692. The molecule has 1 aromatic heterocycles. The van der Waals surface area contributed by atoms with Gasteiger partial charge in [-0.1, -0.05) is 0 Å². The first kappa shape index (κ1) is 11.7. The molecule has 1 saturated heterocycles. The van der Waals surface area contributed by atoms with Crippen molar-refractivity contribution in [2.75, 3.05) is 13.1 Å². The van der Waals surface area contributed by atoms with Crippen molar-refractivity contribution in [1.29, 1.82) is 0 Å². The molecule has 0 bridgehead atoms. The Labute approximate surface area is 106 Å². The third-order valence-electron chi connectivity index (χ3n) is 4.05. The van der Waals surface area contributed by atoms with Crippen LogP contribution >= 0.6 is 0 Å². The minimum Gasteiger partial charge on any atom is -0.476 e. The zero-order valence-electron chi connectivity index (χ0n) is 10.5. The van der Waals surface area contributed by atoms with E-state index in [9.17, 15) is 4.79 Å². The largest absolute Gasteiger partial charge is 0.476 e. The number of carbonyl (C=O) groups is 1. The number of hydrogen-bond donors (Lipinski definition) is 1. The summed E-state index contributed by atoms with van der Waals surface area (Å²) in [7, 11) is 0. The van der Waals surface area contributed by atoms with Crippen molar-refractivity contribution in [1.82, 2.24) is 14.7 Å². The lowest BCUT2D eigenvalue weighted by molar-refractivity contribution is 0.0689. The first-order valence-electron chi connectivity index (χ1n) is 6.81. The van der Waals surface area contributed by atoms with E-state index < -0.39 is 5.97 Å². The normalized spacial score (nSPS) is 24.8. The minimum atomic E-state index is -0.921. The van der Waals surface area contributed by atoms with Gasteiger partial charge in [0.25, 0.3) is 0 Å². The van der Waals surface area contributed by atoms with Crippen molar-refractivity contribution < 1.29 is 9.90 Å². The molecule has 0 aromatic carbocycles. The molecule has 1 N–H and O–H groups in total. The number of aromatic carboxylic acids is 1. The lowest BCUT2D eigenvalue weighted by Gasteiger charge is -2.26. The summed E-state index contributed by atoms with van der Waals surface area (Å²) in [6.45, 7) is 3.13. The Kier molecular flexibility index (Phi) is 3.07. The molecule has 0 spiro atoms. The molecule has 0 radical (unpaired) electrons. The first-order chi connectivity index (χ1) is 8.75. The predicted molar refractivity (Wildman–Crippen MR) is 66.6 cm³/mol. The standard InChI is InChI=1S/C13H19N3O2/c17-13(18)10-9-12-11(15-6-3-4-7-15)5-1-2-8-16(12)14-10/h9,11H,1-8H2,(H,17,18). The highest BCUT2D eigenvalue weighted by molar-refractivity contribution is 5.85. The second-order valence-corrected chi connectivity index (χ2v) is 5.24. The van der Waals surface area contributed by atoms with Crippen LogP contribution < -0.4 is 0 Å². The molecule has 98 valence electrons. The Hall–Kier alpha value is -1.36. The molecule has 0 amide bonds. The second-order valence-electron chi connectivity index (χ2n) is 5.24. The van der Waals surface area contributed by atoms with Gasteiger partial charge in [-0.25, -0.2) is 4.79 Å². The first-order valence-corrected chi connectivity index (χ1v) is 6.81. The Morgan fingerprint density at radius 2 is 1.94 bits per heavy atom. The molecule has 1 aromatic rings. The smallest absolute Gasteiger partial charge is 0.356 e. The molecule has 0 saturated carbocycles. The molecule has 2 aliphatic heterocycles. The van der Waals surface area contributed by atoms with Gasteiger partial charge >= 0.3 is 5.97 Å². The molecule has 1 fully saturated rings. The SMILES string of the molecule is O=C(O)c1cc2n(n1)CCCCC2N1CCCC1. The fourth-order valence-electron chi connectivity index (χ4n) is 3.15. The maximum absolute atomic E-state index is 11.0. The van der Waals surface area contributed by atoms with Crippen LogP contribution in [-0.4, -0.2) is 38.8 Å². The molecule has 5 heteroatoms. The summed E-state index contributed by atoms with van der Waals surface area (Å²) in [5, 5.41) is 13.3. The van der Waals surface area contributed by atoms with Crippen LogP contribution in [0.1, 0.15) is 54.3 Å². The average Bonchev–Trinajstić information content (AvgIpc) is 2.97. The lowest BCUT2D eigenvalue weighted by atomic mass is 10.1. The Morgan fingerprint density at radius 1 is 1.22 bits per heavy atom. The van der Waals surface area contributed by atoms with Crippen molar-refractivity contribution in [3.05, 3.63) is 17.5 Å². The average molecular weight is 249 g/mol. The molecule has 18 heavy (non-hydrogen) atoms. The number of likely N-dealkylation sites (tertiary alicyclic amines) is 1. The van der Waals surface area contributed by atoms with Gasteiger partial charge in [0.05, 0.1) is 11.7 Å². The van der Waals surface area contributed by atoms with E-state index in [1.54, 1.807) is 6.07 Å². The number of nitrogens with zero attached hydrogens (tertiary/aromatic N) is 3. The van der Waals surface area contributed by atoms with E-state index in [-0.39, 0.29) is 5.69 Å². The summed E-state index contributed by atoms with van der Waals surface area (Å²) in [6, 6.07) is 2.15. The number of carboxylic acid groups (broad SMARTS) is 1. The van der Waals surface area contributed by atoms with Crippen LogP contribution in [-0.2, 0) is 6.54 Å². The summed E-state index contributed by atoms with van der Waals surface area (Å²) < 4.78 is 1.92. The van der Waals surface area contributed by atoms with E-state index in [1.165, 1.54) is 19.3 Å². The van der Waals surface area contributed by atoms with Crippen LogP contribution in [0.4, 0.5) is 0 Å². The van der Waals surface area contributed by atoms with Crippen molar-refractivity contribution in [2.45, 2.75) is 44.7 Å². The van der Waals surface area contributed by atoms with Crippen LogP contribution in [0.25, 0.3) is 0 Å². The number of aryl methyl sites for hydroxylation is 1. The molecule has 0 aliphatic carbocycles. The van der Waals surface area contributed by atoms with Gasteiger partial charge < -0.3 is 5.11 Å². The van der Waals surface area contributed by atoms with E-state index in [1.807, 2.05) is 4.68 Å². The molecule has 1 atom stereocenters. The van der Waals surface area contributed by atoms with Gasteiger partial charge in [-0.05, 0) is 51.3 Å². The lowest BCUT2D eigenvalue weighted by Crippen LogP contribution is -2.26. The summed E-state index contributed by atoms with van der Waals surface area (Å²) in [5.74, 6) is -0.921. The minimum absolute atomic E-state index is 0.191. The van der Waals surface area contributed by atoms with E-state index in [0.717, 1.165) is 38.2 Å². The zero-order chi connectivity index (χ0) is 12.5. The van der Waals surface area contributed by atoms with Crippen LogP contribution in [0.5, 0.6) is 0 Å². The van der Waals surface area contributed by atoms with Gasteiger partial charge in [0.2, 0.25) is 0 Å². The highest BCUT2D eigenvalue weighted by atomic mass is 16.4. The van der Waals surface area contributed by atoms with Crippen molar-refractivity contribution >= 4 is 5.97 Å². The Balaban J connectivity index is 1.94. The molecular weight excluding hydrogens is 230 g/mol. The molecule has 2 aliphatic rings. The van der Waals surface area contributed by atoms with E-state index in [4.69, 9.17) is 5.11 Å². The summed E-state index contributed by atoms with van der Waals surface area (Å²) in [6.07, 6.45) is 5.95. The monoisotopic (exact) mass is 249 g/mol. The molecule has 1 unspecified atom stereocenters. The summed E-state index contributed by atoms with van der Waals surface area (Å²) in [4.78, 5) is 13.5. The number of hydrogen-bond acceptors (Lipinski definition) is 3. The summed E-state index contributed by atoms with van der Waals surface area (Å²) >= 11 is 0. The third-order valence-corrected chi connectivity index (χ3v) is 4.05. The van der Waals surface area contributed by atoms with E-state index in [0.29, 0.717) is 6.04 Å². The maximum atomic E-state index is 11.0. The molecule has 3 rings (SSSR count). The van der Waals surface area contributed by atoms with Gasteiger partial charge in [-0.2, -0.15) is 5.10 Å². The van der Waals surface area contributed by atoms with Crippen molar-refractivity contribution in [2.24, 2.45) is 0 Å². The van der Waals surface area contributed by atoms with Crippen LogP contribution in [0.3, 0.4) is 0 Å². The predicted octanol–water partition coefficient (Wildman–Crippen LogP) is 1.90. The van der Waals surface area contributed by atoms with Crippen molar-refractivity contribution in [3.8, 4) is 0 Å². The summed E-state index contributed by atoms with van der Waals surface area (Å²) in [5.41, 5.74) is 1.29. The third kappa shape index (κ3) is 2.03.